The molecule has 1 aromatic rings. The van der Waals surface area contributed by atoms with Gasteiger partial charge in [0.05, 0.1) is 27.4 Å². The summed E-state index contributed by atoms with van der Waals surface area (Å²) in [4.78, 5) is 14.6. The normalized spacial score (nSPS) is 24.1. The summed E-state index contributed by atoms with van der Waals surface area (Å²) in [7, 11) is 3.31. The summed E-state index contributed by atoms with van der Waals surface area (Å²) in [6.45, 7) is 4.46. The summed E-state index contributed by atoms with van der Waals surface area (Å²) in [6, 6.07) is 5.87. The van der Waals surface area contributed by atoms with E-state index in [9.17, 15) is 4.79 Å². The van der Waals surface area contributed by atoms with Crippen molar-refractivity contribution in [2.75, 3.05) is 47.1 Å². The Morgan fingerprint density at radius 2 is 2.08 bits per heavy atom. The lowest BCUT2D eigenvalue weighted by molar-refractivity contribution is -0.126. The lowest BCUT2D eigenvalue weighted by Crippen LogP contribution is -2.53. The number of carbonyl (C=O) groups excluding carboxylic acids is 1. The standard InChI is InChI=1S/C18H27N3O4/c1-23-15-7-13(8-16(9-15)24-2)10-21-5-3-14(11-21)20-18(22)17-12-25-6-4-19-17/h7-9,14,17,19H,3-6,10-12H2,1-2H3,(H,20,22). The third kappa shape index (κ3) is 4.84. The summed E-state index contributed by atoms with van der Waals surface area (Å²) in [5, 5.41) is 6.33. The lowest BCUT2D eigenvalue weighted by Gasteiger charge is -2.24. The highest BCUT2D eigenvalue weighted by molar-refractivity contribution is 5.82. The number of likely N-dealkylation sites (tertiary alicyclic amines) is 1. The Hall–Kier alpha value is -1.83. The number of ether oxygens (including phenoxy) is 3. The number of amides is 1. The first kappa shape index (κ1) is 18.0. The molecule has 2 aliphatic rings. The van der Waals surface area contributed by atoms with E-state index >= 15 is 0 Å². The fourth-order valence-electron chi connectivity index (χ4n) is 3.35. The molecule has 7 heteroatoms. The molecular formula is C18H27N3O4. The number of carbonyl (C=O) groups is 1. The number of rotatable bonds is 6. The topological polar surface area (TPSA) is 72.1 Å². The lowest BCUT2D eigenvalue weighted by atomic mass is 10.2. The van der Waals surface area contributed by atoms with Gasteiger partial charge in [0.1, 0.15) is 17.5 Å². The van der Waals surface area contributed by atoms with Crippen LogP contribution in [-0.2, 0) is 16.1 Å². The van der Waals surface area contributed by atoms with Gasteiger partial charge in [0.2, 0.25) is 5.91 Å². The first-order valence-corrected chi connectivity index (χ1v) is 8.73. The first-order valence-electron chi connectivity index (χ1n) is 8.73. The second kappa shape index (κ2) is 8.51. The van der Waals surface area contributed by atoms with Gasteiger partial charge in [-0.1, -0.05) is 0 Å². The van der Waals surface area contributed by atoms with Gasteiger partial charge in [-0.25, -0.2) is 0 Å². The Labute approximate surface area is 148 Å². The van der Waals surface area contributed by atoms with Crippen LogP contribution in [0.2, 0.25) is 0 Å². The fraction of sp³-hybridized carbons (Fsp3) is 0.611. The minimum Gasteiger partial charge on any atom is -0.497 e. The predicted molar refractivity (Wildman–Crippen MR) is 94.0 cm³/mol. The second-order valence-electron chi connectivity index (χ2n) is 6.53. The summed E-state index contributed by atoms with van der Waals surface area (Å²) >= 11 is 0. The highest BCUT2D eigenvalue weighted by atomic mass is 16.5. The molecule has 0 radical (unpaired) electrons. The summed E-state index contributed by atoms with van der Waals surface area (Å²) in [5.41, 5.74) is 1.14. The zero-order valence-corrected chi connectivity index (χ0v) is 14.9. The monoisotopic (exact) mass is 349 g/mol. The Balaban J connectivity index is 1.52. The van der Waals surface area contributed by atoms with E-state index in [4.69, 9.17) is 14.2 Å². The molecule has 138 valence electrons. The molecule has 3 rings (SSSR count). The molecule has 0 spiro atoms. The van der Waals surface area contributed by atoms with Gasteiger partial charge < -0.3 is 24.8 Å². The van der Waals surface area contributed by atoms with E-state index in [1.54, 1.807) is 14.2 Å². The van der Waals surface area contributed by atoms with Crippen LogP contribution in [-0.4, -0.2) is 70.0 Å². The van der Waals surface area contributed by atoms with Gasteiger partial charge in [-0.3, -0.25) is 9.69 Å². The molecule has 2 unspecified atom stereocenters. The number of methoxy groups -OCH3 is 2. The number of morpholine rings is 1. The quantitative estimate of drug-likeness (QED) is 0.774. The maximum absolute atomic E-state index is 12.3. The number of nitrogens with zero attached hydrogens (tertiary/aromatic N) is 1. The van der Waals surface area contributed by atoms with Gasteiger partial charge in [-0.15, -0.1) is 0 Å². The molecule has 0 aliphatic carbocycles. The highest BCUT2D eigenvalue weighted by Gasteiger charge is 2.28. The minimum atomic E-state index is -0.231. The molecule has 1 amide bonds. The van der Waals surface area contributed by atoms with Crippen LogP contribution in [0, 0.1) is 0 Å². The van der Waals surface area contributed by atoms with E-state index in [0.29, 0.717) is 13.2 Å². The zero-order valence-electron chi connectivity index (χ0n) is 14.9. The van der Waals surface area contributed by atoms with Gasteiger partial charge in [0.25, 0.3) is 0 Å². The molecule has 2 atom stereocenters. The van der Waals surface area contributed by atoms with E-state index in [1.165, 1.54) is 0 Å². The third-order valence-corrected chi connectivity index (χ3v) is 4.67. The Bertz CT molecular complexity index is 567. The van der Waals surface area contributed by atoms with Gasteiger partial charge in [0, 0.05) is 38.3 Å². The van der Waals surface area contributed by atoms with E-state index in [1.807, 2.05) is 18.2 Å². The van der Waals surface area contributed by atoms with Crippen molar-refractivity contribution in [2.45, 2.75) is 25.0 Å². The smallest absolute Gasteiger partial charge is 0.239 e. The SMILES string of the molecule is COc1cc(CN2CCC(NC(=O)C3COCCN3)C2)cc(OC)c1. The fourth-order valence-corrected chi connectivity index (χ4v) is 3.35. The van der Waals surface area contributed by atoms with Crippen molar-refractivity contribution in [1.82, 2.24) is 15.5 Å². The third-order valence-electron chi connectivity index (χ3n) is 4.67. The van der Waals surface area contributed by atoms with Crippen LogP contribution < -0.4 is 20.1 Å². The molecule has 2 fully saturated rings. The first-order chi connectivity index (χ1) is 12.2. The molecule has 2 heterocycles. The average Bonchev–Trinajstić information content (AvgIpc) is 3.08. The zero-order chi connectivity index (χ0) is 17.6. The summed E-state index contributed by atoms with van der Waals surface area (Å²) in [5.74, 6) is 1.62. The summed E-state index contributed by atoms with van der Waals surface area (Å²) in [6.07, 6.45) is 0.959. The number of hydrogen-bond acceptors (Lipinski definition) is 6. The van der Waals surface area contributed by atoms with Gasteiger partial charge in [-0.05, 0) is 24.1 Å². The van der Waals surface area contributed by atoms with Gasteiger partial charge in [0.15, 0.2) is 0 Å². The van der Waals surface area contributed by atoms with Crippen molar-refractivity contribution in [2.24, 2.45) is 0 Å². The maximum Gasteiger partial charge on any atom is 0.239 e. The Morgan fingerprint density at radius 1 is 1.32 bits per heavy atom. The molecule has 2 aliphatic heterocycles. The molecule has 0 saturated carbocycles. The van der Waals surface area contributed by atoms with Crippen LogP contribution in [0.1, 0.15) is 12.0 Å². The summed E-state index contributed by atoms with van der Waals surface area (Å²) < 4.78 is 16.0. The van der Waals surface area contributed by atoms with Crippen LogP contribution >= 0.6 is 0 Å². The Kier molecular flexibility index (Phi) is 6.12. The second-order valence-corrected chi connectivity index (χ2v) is 6.53. The van der Waals surface area contributed by atoms with E-state index < -0.39 is 0 Å². The van der Waals surface area contributed by atoms with Crippen molar-refractivity contribution in [3.63, 3.8) is 0 Å². The minimum absolute atomic E-state index is 0.0367. The number of benzene rings is 1. The van der Waals surface area contributed by atoms with Crippen LogP contribution in [0.15, 0.2) is 18.2 Å². The van der Waals surface area contributed by atoms with E-state index in [0.717, 1.165) is 49.7 Å². The maximum atomic E-state index is 12.3. The van der Waals surface area contributed by atoms with Crippen molar-refractivity contribution in [3.05, 3.63) is 23.8 Å². The van der Waals surface area contributed by atoms with Crippen LogP contribution in [0.5, 0.6) is 11.5 Å². The van der Waals surface area contributed by atoms with Crippen LogP contribution in [0.3, 0.4) is 0 Å². The van der Waals surface area contributed by atoms with Crippen molar-refractivity contribution in [1.29, 1.82) is 0 Å². The molecule has 1 aromatic carbocycles. The molecule has 7 nitrogen and oxygen atoms in total. The van der Waals surface area contributed by atoms with Gasteiger partial charge in [-0.2, -0.15) is 0 Å². The van der Waals surface area contributed by atoms with Gasteiger partial charge >= 0.3 is 0 Å². The van der Waals surface area contributed by atoms with E-state index in [2.05, 4.69) is 15.5 Å². The largest absolute Gasteiger partial charge is 0.497 e. The predicted octanol–water partition coefficient (Wildman–Crippen LogP) is 0.383. The molecule has 25 heavy (non-hydrogen) atoms. The van der Waals surface area contributed by atoms with Crippen LogP contribution in [0.4, 0.5) is 0 Å². The molecule has 2 saturated heterocycles. The molecule has 2 N–H and O–H groups in total. The molecule has 0 bridgehead atoms. The number of hydrogen-bond donors (Lipinski definition) is 2. The highest BCUT2D eigenvalue weighted by Crippen LogP contribution is 2.24. The van der Waals surface area contributed by atoms with Crippen LogP contribution in [0.25, 0.3) is 0 Å². The van der Waals surface area contributed by atoms with Crippen molar-refractivity contribution < 1.29 is 19.0 Å². The van der Waals surface area contributed by atoms with Crippen molar-refractivity contribution in [3.8, 4) is 11.5 Å². The average molecular weight is 349 g/mol. The van der Waals surface area contributed by atoms with E-state index in [-0.39, 0.29) is 18.0 Å². The molecule has 0 aromatic heterocycles. The number of nitrogens with one attached hydrogen (secondary N) is 2. The molecular weight excluding hydrogens is 322 g/mol. The van der Waals surface area contributed by atoms with Crippen molar-refractivity contribution >= 4 is 5.91 Å². The Morgan fingerprint density at radius 3 is 2.72 bits per heavy atom.